The Bertz CT molecular complexity index is 1030. The number of rotatable bonds is 6. The van der Waals surface area contributed by atoms with Crippen molar-refractivity contribution in [3.05, 3.63) is 53.6 Å². The lowest BCUT2D eigenvalue weighted by molar-refractivity contribution is 0.102. The van der Waals surface area contributed by atoms with Crippen molar-refractivity contribution < 1.29 is 21.6 Å². The summed E-state index contributed by atoms with van der Waals surface area (Å²) in [4.78, 5) is 12.5. The largest absolute Gasteiger partial charge is 0.322 e. The first-order chi connectivity index (χ1) is 12.0. The average molecular weight is 396 g/mol. The van der Waals surface area contributed by atoms with Crippen molar-refractivity contribution in [2.24, 2.45) is 0 Å². The van der Waals surface area contributed by atoms with Crippen LogP contribution in [0.3, 0.4) is 0 Å². The fourth-order valence-corrected chi connectivity index (χ4v) is 3.43. The zero-order valence-corrected chi connectivity index (χ0v) is 16.2. The van der Waals surface area contributed by atoms with Gasteiger partial charge < -0.3 is 5.32 Å². The van der Waals surface area contributed by atoms with Crippen molar-refractivity contribution >= 4 is 37.1 Å². The predicted molar refractivity (Wildman–Crippen MR) is 102 cm³/mol. The molecule has 1 amide bonds. The van der Waals surface area contributed by atoms with E-state index >= 15 is 0 Å². The molecule has 0 aliphatic rings. The van der Waals surface area contributed by atoms with Crippen molar-refractivity contribution in [2.45, 2.75) is 18.7 Å². The minimum atomic E-state index is -3.42. The molecule has 0 fully saturated rings. The van der Waals surface area contributed by atoms with E-state index < -0.39 is 25.8 Å². The van der Waals surface area contributed by atoms with E-state index in [1.165, 1.54) is 31.2 Å². The van der Waals surface area contributed by atoms with Crippen molar-refractivity contribution in [3.8, 4) is 0 Å². The van der Waals surface area contributed by atoms with Crippen LogP contribution in [0.25, 0.3) is 0 Å². The summed E-state index contributed by atoms with van der Waals surface area (Å²) < 4.78 is 48.8. The Kier molecular flexibility index (Phi) is 5.72. The number of carbonyl (C=O) groups excluding carboxylic acids is 1. The van der Waals surface area contributed by atoms with Crippen molar-refractivity contribution in [2.75, 3.05) is 22.0 Å². The Balaban J connectivity index is 2.20. The third kappa shape index (κ3) is 5.06. The van der Waals surface area contributed by atoms with E-state index in [9.17, 15) is 21.6 Å². The maximum atomic E-state index is 12.5. The summed E-state index contributed by atoms with van der Waals surface area (Å²) in [6.07, 6.45) is 1.08. The number of sulfone groups is 1. The zero-order chi connectivity index (χ0) is 19.5. The second-order valence-electron chi connectivity index (χ2n) is 5.79. The van der Waals surface area contributed by atoms with Crippen LogP contribution in [0.15, 0.2) is 47.4 Å². The molecule has 0 aromatic heterocycles. The highest BCUT2D eigenvalue weighted by atomic mass is 32.2. The van der Waals surface area contributed by atoms with Gasteiger partial charge in [-0.25, -0.2) is 16.8 Å². The number of hydrogen-bond acceptors (Lipinski definition) is 5. The molecule has 0 bridgehead atoms. The summed E-state index contributed by atoms with van der Waals surface area (Å²) in [6.45, 7) is 3.24. The molecule has 7 nitrogen and oxygen atoms in total. The molecule has 0 saturated heterocycles. The number of aryl methyl sites for hydroxylation is 1. The number of amides is 1. The van der Waals surface area contributed by atoms with E-state index in [0.29, 0.717) is 16.9 Å². The molecule has 0 atom stereocenters. The first-order valence-electron chi connectivity index (χ1n) is 7.74. The lowest BCUT2D eigenvalue weighted by Gasteiger charge is -2.10. The lowest BCUT2D eigenvalue weighted by atomic mass is 10.1. The molecule has 0 heterocycles. The molecule has 140 valence electrons. The van der Waals surface area contributed by atoms with E-state index in [4.69, 9.17) is 0 Å². The van der Waals surface area contributed by atoms with Crippen molar-refractivity contribution in [3.63, 3.8) is 0 Å². The fourth-order valence-electron chi connectivity index (χ4n) is 2.15. The van der Waals surface area contributed by atoms with Gasteiger partial charge in [0.1, 0.15) is 0 Å². The molecule has 2 aromatic carbocycles. The third-order valence-corrected chi connectivity index (χ3v) is 6.10. The summed E-state index contributed by atoms with van der Waals surface area (Å²) in [5, 5.41) is 2.67. The van der Waals surface area contributed by atoms with Gasteiger partial charge in [0.05, 0.1) is 10.6 Å². The Morgan fingerprint density at radius 3 is 2.08 bits per heavy atom. The van der Waals surface area contributed by atoms with Gasteiger partial charge in [-0.1, -0.05) is 6.07 Å². The molecule has 2 N–H and O–H groups in total. The third-order valence-electron chi connectivity index (χ3n) is 3.68. The van der Waals surface area contributed by atoms with Crippen LogP contribution in [-0.4, -0.2) is 34.8 Å². The van der Waals surface area contributed by atoms with Crippen LogP contribution in [0, 0.1) is 6.92 Å². The van der Waals surface area contributed by atoms with Gasteiger partial charge in [0.15, 0.2) is 9.84 Å². The number of benzene rings is 2. The van der Waals surface area contributed by atoms with E-state index in [0.717, 1.165) is 6.26 Å². The quantitative estimate of drug-likeness (QED) is 0.779. The fraction of sp³-hybridized carbons (Fsp3) is 0.235. The Labute approximate surface area is 153 Å². The van der Waals surface area contributed by atoms with Crippen LogP contribution in [0.5, 0.6) is 0 Å². The zero-order valence-electron chi connectivity index (χ0n) is 14.6. The highest BCUT2D eigenvalue weighted by Gasteiger charge is 2.15. The van der Waals surface area contributed by atoms with Gasteiger partial charge >= 0.3 is 0 Å². The van der Waals surface area contributed by atoms with Crippen LogP contribution in [0.1, 0.15) is 22.8 Å². The molecule has 0 aliphatic carbocycles. The van der Waals surface area contributed by atoms with Crippen molar-refractivity contribution in [1.29, 1.82) is 0 Å². The van der Waals surface area contributed by atoms with Gasteiger partial charge in [0.25, 0.3) is 5.91 Å². The summed E-state index contributed by atoms with van der Waals surface area (Å²) in [7, 11) is -6.79. The van der Waals surface area contributed by atoms with Crippen LogP contribution in [0.2, 0.25) is 0 Å². The summed E-state index contributed by atoms with van der Waals surface area (Å²) in [6, 6.07) is 10.5. The minimum Gasteiger partial charge on any atom is -0.322 e. The molecule has 0 aliphatic heterocycles. The summed E-state index contributed by atoms with van der Waals surface area (Å²) in [5.74, 6) is -0.489. The first kappa shape index (κ1) is 19.9. The maximum absolute atomic E-state index is 12.5. The number of hydrogen-bond donors (Lipinski definition) is 2. The van der Waals surface area contributed by atoms with Crippen molar-refractivity contribution in [1.82, 2.24) is 0 Å². The Morgan fingerprint density at radius 2 is 1.54 bits per heavy atom. The SMILES string of the molecule is CCS(=O)(=O)Nc1ccc(NC(=O)c2cc(S(C)(=O)=O)ccc2C)cc1. The van der Waals surface area contributed by atoms with Gasteiger partial charge in [0.2, 0.25) is 10.0 Å². The molecule has 0 spiro atoms. The first-order valence-corrected chi connectivity index (χ1v) is 11.3. The maximum Gasteiger partial charge on any atom is 0.255 e. The van der Waals surface area contributed by atoms with Crippen LogP contribution in [0.4, 0.5) is 11.4 Å². The second-order valence-corrected chi connectivity index (χ2v) is 9.81. The Hall–Kier alpha value is -2.39. The number of sulfonamides is 1. The second kappa shape index (κ2) is 7.46. The smallest absolute Gasteiger partial charge is 0.255 e. The molecule has 0 radical (unpaired) electrons. The van der Waals surface area contributed by atoms with Gasteiger partial charge in [-0.3, -0.25) is 9.52 Å². The molecular formula is C17H20N2O5S2. The number of carbonyl (C=O) groups is 1. The standard InChI is InChI=1S/C17H20N2O5S2/c1-4-26(23,24)19-14-8-6-13(7-9-14)18-17(20)16-11-15(25(3,21)22)10-5-12(16)2/h5-11,19H,4H2,1-3H3,(H,18,20). The van der Waals surface area contributed by atoms with Crippen LogP contribution < -0.4 is 10.0 Å². The molecule has 26 heavy (non-hydrogen) atoms. The van der Waals surface area contributed by atoms with E-state index in [-0.39, 0.29) is 16.2 Å². The van der Waals surface area contributed by atoms with Crippen LogP contribution >= 0.6 is 0 Å². The number of nitrogens with one attached hydrogen (secondary N) is 2. The lowest BCUT2D eigenvalue weighted by Crippen LogP contribution is -2.15. The van der Waals surface area contributed by atoms with Gasteiger partial charge in [0, 0.05) is 23.2 Å². The molecule has 2 aromatic rings. The molecule has 9 heteroatoms. The normalized spacial score (nSPS) is 11.8. The average Bonchev–Trinajstić information content (AvgIpc) is 2.55. The van der Waals surface area contributed by atoms with Gasteiger partial charge in [-0.15, -0.1) is 0 Å². The predicted octanol–water partition coefficient (Wildman–Crippen LogP) is 2.41. The molecule has 0 unspecified atom stereocenters. The van der Waals surface area contributed by atoms with E-state index in [1.807, 2.05) is 0 Å². The minimum absolute atomic E-state index is 0.0402. The van der Waals surface area contributed by atoms with E-state index in [2.05, 4.69) is 10.0 Å². The Morgan fingerprint density at radius 1 is 0.962 bits per heavy atom. The monoisotopic (exact) mass is 396 g/mol. The summed E-state index contributed by atoms with van der Waals surface area (Å²) in [5.41, 5.74) is 1.74. The molecule has 0 saturated carbocycles. The molecule has 2 rings (SSSR count). The highest BCUT2D eigenvalue weighted by molar-refractivity contribution is 7.92. The van der Waals surface area contributed by atoms with Gasteiger partial charge in [-0.05, 0) is 55.8 Å². The van der Waals surface area contributed by atoms with E-state index in [1.54, 1.807) is 25.1 Å². The number of anilines is 2. The molecular weight excluding hydrogens is 376 g/mol. The topological polar surface area (TPSA) is 109 Å². The van der Waals surface area contributed by atoms with Crippen LogP contribution in [-0.2, 0) is 19.9 Å². The van der Waals surface area contributed by atoms with Gasteiger partial charge in [-0.2, -0.15) is 0 Å². The summed E-state index contributed by atoms with van der Waals surface area (Å²) >= 11 is 0. The highest BCUT2D eigenvalue weighted by Crippen LogP contribution is 2.19.